The van der Waals surface area contributed by atoms with Crippen LogP contribution in [-0.2, 0) is 13.0 Å². The van der Waals surface area contributed by atoms with Crippen LogP contribution in [0.15, 0.2) is 12.5 Å². The third-order valence-corrected chi connectivity index (χ3v) is 2.13. The molecule has 0 saturated heterocycles. The van der Waals surface area contributed by atoms with Gasteiger partial charge in [-0.25, -0.2) is 4.98 Å². The van der Waals surface area contributed by atoms with E-state index in [9.17, 15) is 0 Å². The van der Waals surface area contributed by atoms with Crippen LogP contribution in [0.25, 0.3) is 0 Å². The van der Waals surface area contributed by atoms with Crippen LogP contribution in [-0.4, -0.2) is 15.6 Å². The van der Waals surface area contributed by atoms with E-state index >= 15 is 0 Å². The molecular formula is C9H17N3. The van der Waals surface area contributed by atoms with Gasteiger partial charge < -0.3 is 10.3 Å². The average Bonchev–Trinajstić information content (AvgIpc) is 2.51. The van der Waals surface area contributed by atoms with Gasteiger partial charge in [0, 0.05) is 30.9 Å². The van der Waals surface area contributed by atoms with Crippen LogP contribution in [0.5, 0.6) is 0 Å². The van der Waals surface area contributed by atoms with Gasteiger partial charge in [0.1, 0.15) is 0 Å². The van der Waals surface area contributed by atoms with Gasteiger partial charge in [0.2, 0.25) is 0 Å². The highest BCUT2D eigenvalue weighted by atomic mass is 15.0. The number of rotatable bonds is 4. The first-order valence-corrected chi connectivity index (χ1v) is 4.52. The molecule has 1 heterocycles. The third kappa shape index (κ3) is 2.08. The molecule has 0 saturated carbocycles. The Bertz CT molecular complexity index is 229. The molecule has 1 aromatic heterocycles. The number of nitrogens with zero attached hydrogens (tertiary/aromatic N) is 2. The van der Waals surface area contributed by atoms with E-state index in [0.29, 0.717) is 0 Å². The van der Waals surface area contributed by atoms with Crippen molar-refractivity contribution in [3.05, 3.63) is 18.2 Å². The average molecular weight is 167 g/mol. The standard InChI is InChI=1S/C9H17N3/c1-3-8(10)5-9-6-11-7-12(9)4-2/h6-8H,3-5,10H2,1-2H3. The van der Waals surface area contributed by atoms with Gasteiger partial charge >= 0.3 is 0 Å². The zero-order chi connectivity index (χ0) is 8.97. The summed E-state index contributed by atoms with van der Waals surface area (Å²) in [5.74, 6) is 0. The van der Waals surface area contributed by atoms with E-state index in [-0.39, 0.29) is 6.04 Å². The molecule has 0 aliphatic carbocycles. The zero-order valence-corrected chi connectivity index (χ0v) is 7.83. The van der Waals surface area contributed by atoms with Gasteiger partial charge in [0.25, 0.3) is 0 Å². The third-order valence-electron chi connectivity index (χ3n) is 2.13. The van der Waals surface area contributed by atoms with E-state index in [4.69, 9.17) is 5.73 Å². The molecule has 0 bridgehead atoms. The predicted octanol–water partition coefficient (Wildman–Crippen LogP) is 1.18. The summed E-state index contributed by atoms with van der Waals surface area (Å²) in [5.41, 5.74) is 7.09. The molecule has 0 spiro atoms. The molecule has 2 N–H and O–H groups in total. The van der Waals surface area contributed by atoms with Gasteiger partial charge in [-0.15, -0.1) is 0 Å². The Morgan fingerprint density at radius 1 is 1.58 bits per heavy atom. The van der Waals surface area contributed by atoms with Crippen LogP contribution in [0, 0.1) is 0 Å². The second-order valence-corrected chi connectivity index (χ2v) is 3.04. The molecule has 0 aromatic carbocycles. The highest BCUT2D eigenvalue weighted by molar-refractivity contribution is 5.00. The van der Waals surface area contributed by atoms with Crippen molar-refractivity contribution in [2.45, 2.75) is 39.3 Å². The van der Waals surface area contributed by atoms with Crippen molar-refractivity contribution < 1.29 is 0 Å². The molecule has 1 aromatic rings. The Morgan fingerprint density at radius 3 is 2.92 bits per heavy atom. The lowest BCUT2D eigenvalue weighted by molar-refractivity contribution is 0.604. The van der Waals surface area contributed by atoms with Gasteiger partial charge in [-0.05, 0) is 13.3 Å². The lowest BCUT2D eigenvalue weighted by Crippen LogP contribution is -2.22. The first-order chi connectivity index (χ1) is 5.77. The van der Waals surface area contributed by atoms with Gasteiger partial charge in [0.05, 0.1) is 6.33 Å². The van der Waals surface area contributed by atoms with Gasteiger partial charge in [-0.1, -0.05) is 6.92 Å². The number of hydrogen-bond acceptors (Lipinski definition) is 2. The van der Waals surface area contributed by atoms with Gasteiger partial charge in [0.15, 0.2) is 0 Å². The SMILES string of the molecule is CCC(N)Cc1cncn1CC. The normalized spacial score (nSPS) is 13.2. The molecule has 3 nitrogen and oxygen atoms in total. The molecule has 1 atom stereocenters. The minimum Gasteiger partial charge on any atom is -0.335 e. The fraction of sp³-hybridized carbons (Fsp3) is 0.667. The molecule has 3 heteroatoms. The van der Waals surface area contributed by atoms with Crippen LogP contribution < -0.4 is 5.73 Å². The van der Waals surface area contributed by atoms with Crippen molar-refractivity contribution in [2.24, 2.45) is 5.73 Å². The van der Waals surface area contributed by atoms with Gasteiger partial charge in [-0.2, -0.15) is 0 Å². The maximum atomic E-state index is 5.85. The smallest absolute Gasteiger partial charge is 0.0948 e. The second-order valence-electron chi connectivity index (χ2n) is 3.04. The minimum absolute atomic E-state index is 0.270. The molecular weight excluding hydrogens is 150 g/mol. The van der Waals surface area contributed by atoms with E-state index in [2.05, 4.69) is 23.4 Å². The molecule has 0 amide bonds. The maximum absolute atomic E-state index is 5.85. The Kier molecular flexibility index (Phi) is 3.29. The number of aryl methyl sites for hydroxylation is 1. The minimum atomic E-state index is 0.270. The number of nitrogens with two attached hydrogens (primary N) is 1. The highest BCUT2D eigenvalue weighted by Crippen LogP contribution is 2.03. The first-order valence-electron chi connectivity index (χ1n) is 4.52. The van der Waals surface area contributed by atoms with E-state index in [1.165, 1.54) is 5.69 Å². The maximum Gasteiger partial charge on any atom is 0.0948 e. The summed E-state index contributed by atoms with van der Waals surface area (Å²) in [6.45, 7) is 5.20. The summed E-state index contributed by atoms with van der Waals surface area (Å²) < 4.78 is 2.13. The van der Waals surface area contributed by atoms with Gasteiger partial charge in [-0.3, -0.25) is 0 Å². The van der Waals surface area contributed by atoms with Crippen molar-refractivity contribution in [3.8, 4) is 0 Å². The molecule has 0 aliphatic heterocycles. The van der Waals surface area contributed by atoms with Crippen molar-refractivity contribution >= 4 is 0 Å². The van der Waals surface area contributed by atoms with E-state index in [1.807, 2.05) is 12.5 Å². The van der Waals surface area contributed by atoms with E-state index in [0.717, 1.165) is 19.4 Å². The van der Waals surface area contributed by atoms with Crippen LogP contribution >= 0.6 is 0 Å². The van der Waals surface area contributed by atoms with Crippen LogP contribution in [0.2, 0.25) is 0 Å². The van der Waals surface area contributed by atoms with E-state index < -0.39 is 0 Å². The summed E-state index contributed by atoms with van der Waals surface area (Å²) in [5, 5.41) is 0. The molecule has 0 aliphatic rings. The zero-order valence-electron chi connectivity index (χ0n) is 7.83. The van der Waals surface area contributed by atoms with Crippen LogP contribution in [0.3, 0.4) is 0 Å². The summed E-state index contributed by atoms with van der Waals surface area (Å²) in [7, 11) is 0. The fourth-order valence-electron chi connectivity index (χ4n) is 1.22. The molecule has 68 valence electrons. The second kappa shape index (κ2) is 4.26. The highest BCUT2D eigenvalue weighted by Gasteiger charge is 2.04. The van der Waals surface area contributed by atoms with Crippen LogP contribution in [0.1, 0.15) is 26.0 Å². The summed E-state index contributed by atoms with van der Waals surface area (Å²) in [4.78, 5) is 4.09. The Labute approximate surface area is 73.6 Å². The van der Waals surface area contributed by atoms with Crippen molar-refractivity contribution in [3.63, 3.8) is 0 Å². The molecule has 0 radical (unpaired) electrons. The largest absolute Gasteiger partial charge is 0.335 e. The number of aromatic nitrogens is 2. The molecule has 12 heavy (non-hydrogen) atoms. The summed E-state index contributed by atoms with van der Waals surface area (Å²) in [6, 6.07) is 0.270. The fourth-order valence-corrected chi connectivity index (χ4v) is 1.22. The quantitative estimate of drug-likeness (QED) is 0.732. The first kappa shape index (κ1) is 9.26. The lowest BCUT2D eigenvalue weighted by atomic mass is 10.1. The molecule has 1 unspecified atom stereocenters. The predicted molar refractivity (Wildman–Crippen MR) is 49.9 cm³/mol. The van der Waals surface area contributed by atoms with Crippen molar-refractivity contribution in [1.82, 2.24) is 9.55 Å². The Hall–Kier alpha value is -0.830. The number of hydrogen-bond donors (Lipinski definition) is 1. The monoisotopic (exact) mass is 167 g/mol. The number of imidazole rings is 1. The Balaban J connectivity index is 2.61. The molecule has 0 fully saturated rings. The molecule has 1 rings (SSSR count). The topological polar surface area (TPSA) is 43.8 Å². The van der Waals surface area contributed by atoms with Crippen molar-refractivity contribution in [2.75, 3.05) is 0 Å². The van der Waals surface area contributed by atoms with E-state index in [1.54, 1.807) is 0 Å². The Morgan fingerprint density at radius 2 is 2.33 bits per heavy atom. The summed E-state index contributed by atoms with van der Waals surface area (Å²) in [6.07, 6.45) is 5.72. The van der Waals surface area contributed by atoms with Crippen LogP contribution in [0.4, 0.5) is 0 Å². The lowest BCUT2D eigenvalue weighted by Gasteiger charge is -2.09. The van der Waals surface area contributed by atoms with Crippen molar-refractivity contribution in [1.29, 1.82) is 0 Å². The summed E-state index contributed by atoms with van der Waals surface area (Å²) >= 11 is 0.